The van der Waals surface area contributed by atoms with Crippen LogP contribution in [0.5, 0.6) is 11.6 Å². The third-order valence-corrected chi connectivity index (χ3v) is 2.93. The summed E-state index contributed by atoms with van der Waals surface area (Å²) in [4.78, 5) is 4.49. The Balaban J connectivity index is 2.06. The van der Waals surface area contributed by atoms with Gasteiger partial charge in [-0.3, -0.25) is 0 Å². The van der Waals surface area contributed by atoms with Crippen molar-refractivity contribution in [3.05, 3.63) is 53.7 Å². The number of hydrogen-bond acceptors (Lipinski definition) is 4. The van der Waals surface area contributed by atoms with Gasteiger partial charge in [0.2, 0.25) is 5.88 Å². The number of nitrogens with zero attached hydrogens (tertiary/aromatic N) is 1. The predicted octanol–water partition coefficient (Wildman–Crippen LogP) is 2.70. The third kappa shape index (κ3) is 4.01. The Bertz CT molecular complexity index is 585. The van der Waals surface area contributed by atoms with Crippen LogP contribution in [0.25, 0.3) is 0 Å². The fourth-order valence-corrected chi connectivity index (χ4v) is 1.79. The van der Waals surface area contributed by atoms with Gasteiger partial charge in [0.15, 0.2) is 0 Å². The van der Waals surface area contributed by atoms with Gasteiger partial charge in [-0.15, -0.1) is 0 Å². The van der Waals surface area contributed by atoms with Gasteiger partial charge in [-0.25, -0.2) is 4.98 Å². The number of ether oxygens (including phenoxy) is 2. The maximum Gasteiger partial charge on any atom is 0.219 e. The Kier molecular flexibility index (Phi) is 5.03. The highest BCUT2D eigenvalue weighted by Crippen LogP contribution is 2.20. The summed E-state index contributed by atoms with van der Waals surface area (Å²) >= 11 is 4.89. The Morgan fingerprint density at radius 1 is 1.20 bits per heavy atom. The molecule has 0 saturated heterocycles. The molecule has 1 aromatic carbocycles. The van der Waals surface area contributed by atoms with Crippen molar-refractivity contribution in [3.63, 3.8) is 0 Å². The van der Waals surface area contributed by atoms with Crippen molar-refractivity contribution in [1.29, 1.82) is 0 Å². The zero-order valence-electron chi connectivity index (χ0n) is 11.2. The minimum absolute atomic E-state index is 0.255. The van der Waals surface area contributed by atoms with Crippen LogP contribution >= 0.6 is 12.2 Å². The van der Waals surface area contributed by atoms with Crippen LogP contribution < -0.4 is 10.5 Å². The second kappa shape index (κ2) is 6.98. The van der Waals surface area contributed by atoms with Gasteiger partial charge in [-0.1, -0.05) is 30.4 Å². The largest absolute Gasteiger partial charge is 0.439 e. The minimum Gasteiger partial charge on any atom is -0.439 e. The molecule has 0 aliphatic heterocycles. The van der Waals surface area contributed by atoms with E-state index >= 15 is 0 Å². The fourth-order valence-electron chi connectivity index (χ4n) is 1.67. The quantitative estimate of drug-likeness (QED) is 0.828. The van der Waals surface area contributed by atoms with Crippen molar-refractivity contribution in [2.75, 3.05) is 13.7 Å². The Morgan fingerprint density at radius 2 is 1.95 bits per heavy atom. The summed E-state index contributed by atoms with van der Waals surface area (Å²) in [6.07, 6.45) is 0.881. The summed E-state index contributed by atoms with van der Waals surface area (Å²) in [6, 6.07) is 13.1. The smallest absolute Gasteiger partial charge is 0.219 e. The SMILES string of the molecule is COCCc1ccc(Oc2cccc(C(N)=S)n2)cc1. The lowest BCUT2D eigenvalue weighted by Gasteiger charge is -2.07. The molecule has 2 rings (SSSR count). The molecule has 0 fully saturated rings. The molecule has 2 aromatic rings. The molecule has 0 unspecified atom stereocenters. The molecule has 0 bridgehead atoms. The van der Waals surface area contributed by atoms with Gasteiger partial charge in [-0.2, -0.15) is 0 Å². The van der Waals surface area contributed by atoms with Crippen LogP contribution in [0, 0.1) is 0 Å². The van der Waals surface area contributed by atoms with Crippen molar-refractivity contribution >= 4 is 17.2 Å². The lowest BCUT2D eigenvalue weighted by atomic mass is 10.1. The second-order valence-electron chi connectivity index (χ2n) is 4.21. The predicted molar refractivity (Wildman–Crippen MR) is 82.2 cm³/mol. The zero-order chi connectivity index (χ0) is 14.4. The average Bonchev–Trinajstić information content (AvgIpc) is 2.47. The van der Waals surface area contributed by atoms with E-state index in [9.17, 15) is 0 Å². The topological polar surface area (TPSA) is 57.4 Å². The molecule has 0 aliphatic carbocycles. The minimum atomic E-state index is 0.255. The van der Waals surface area contributed by atoms with E-state index in [0.29, 0.717) is 18.2 Å². The zero-order valence-corrected chi connectivity index (χ0v) is 12.0. The lowest BCUT2D eigenvalue weighted by Crippen LogP contribution is -2.11. The van der Waals surface area contributed by atoms with Gasteiger partial charge in [0, 0.05) is 13.2 Å². The fraction of sp³-hybridized carbons (Fsp3) is 0.200. The molecule has 104 valence electrons. The van der Waals surface area contributed by atoms with Crippen molar-refractivity contribution in [2.45, 2.75) is 6.42 Å². The summed E-state index contributed by atoms with van der Waals surface area (Å²) < 4.78 is 10.7. The molecule has 0 atom stereocenters. The van der Waals surface area contributed by atoms with E-state index in [1.165, 1.54) is 5.56 Å². The number of aromatic nitrogens is 1. The number of methoxy groups -OCH3 is 1. The van der Waals surface area contributed by atoms with Crippen LogP contribution in [-0.4, -0.2) is 23.7 Å². The van der Waals surface area contributed by atoms with Gasteiger partial charge in [0.25, 0.3) is 0 Å². The highest BCUT2D eigenvalue weighted by Gasteiger charge is 2.03. The van der Waals surface area contributed by atoms with E-state index < -0.39 is 0 Å². The molecular weight excluding hydrogens is 272 g/mol. The number of hydrogen-bond donors (Lipinski definition) is 1. The van der Waals surface area contributed by atoms with E-state index in [1.54, 1.807) is 19.2 Å². The van der Waals surface area contributed by atoms with Crippen LogP contribution in [0.15, 0.2) is 42.5 Å². The van der Waals surface area contributed by atoms with Gasteiger partial charge >= 0.3 is 0 Å². The molecule has 5 heteroatoms. The second-order valence-corrected chi connectivity index (χ2v) is 4.65. The van der Waals surface area contributed by atoms with Crippen LogP contribution in [0.2, 0.25) is 0 Å². The summed E-state index contributed by atoms with van der Waals surface area (Å²) in [5.74, 6) is 1.19. The van der Waals surface area contributed by atoms with Gasteiger partial charge < -0.3 is 15.2 Å². The van der Waals surface area contributed by atoms with Gasteiger partial charge in [-0.05, 0) is 30.2 Å². The van der Waals surface area contributed by atoms with E-state index in [0.717, 1.165) is 12.2 Å². The first-order chi connectivity index (χ1) is 9.69. The number of rotatable bonds is 6. The molecule has 4 nitrogen and oxygen atoms in total. The summed E-state index contributed by atoms with van der Waals surface area (Å²) in [5.41, 5.74) is 7.29. The molecule has 0 radical (unpaired) electrons. The normalized spacial score (nSPS) is 10.2. The molecule has 0 aliphatic rings. The van der Waals surface area contributed by atoms with E-state index in [-0.39, 0.29) is 4.99 Å². The molecule has 20 heavy (non-hydrogen) atoms. The Labute approximate surface area is 123 Å². The van der Waals surface area contributed by atoms with E-state index in [4.69, 9.17) is 27.4 Å². The molecule has 0 saturated carbocycles. The van der Waals surface area contributed by atoms with Crippen molar-refractivity contribution in [2.24, 2.45) is 5.73 Å². The van der Waals surface area contributed by atoms with Crippen molar-refractivity contribution in [1.82, 2.24) is 4.98 Å². The van der Waals surface area contributed by atoms with Gasteiger partial charge in [0.1, 0.15) is 16.4 Å². The number of benzene rings is 1. The molecule has 0 spiro atoms. The molecule has 1 aromatic heterocycles. The summed E-state index contributed by atoms with van der Waals surface area (Å²) in [7, 11) is 1.69. The van der Waals surface area contributed by atoms with E-state index in [1.807, 2.05) is 30.3 Å². The Hall–Kier alpha value is -1.98. The highest BCUT2D eigenvalue weighted by atomic mass is 32.1. The maximum absolute atomic E-state index is 5.67. The number of nitrogens with two attached hydrogens (primary N) is 1. The first-order valence-corrected chi connectivity index (χ1v) is 6.62. The number of thiocarbonyl (C=S) groups is 1. The average molecular weight is 288 g/mol. The third-order valence-electron chi connectivity index (χ3n) is 2.72. The summed E-state index contributed by atoms with van der Waals surface area (Å²) in [6.45, 7) is 0.706. The highest BCUT2D eigenvalue weighted by molar-refractivity contribution is 7.80. The van der Waals surface area contributed by atoms with Crippen molar-refractivity contribution in [3.8, 4) is 11.6 Å². The molecular formula is C15H16N2O2S. The van der Waals surface area contributed by atoms with Crippen LogP contribution in [-0.2, 0) is 11.2 Å². The summed E-state index contributed by atoms with van der Waals surface area (Å²) in [5, 5.41) is 0. The first kappa shape index (κ1) is 14.4. The Morgan fingerprint density at radius 3 is 2.60 bits per heavy atom. The van der Waals surface area contributed by atoms with Crippen LogP contribution in [0.3, 0.4) is 0 Å². The van der Waals surface area contributed by atoms with Crippen molar-refractivity contribution < 1.29 is 9.47 Å². The molecule has 0 amide bonds. The van der Waals surface area contributed by atoms with Gasteiger partial charge in [0.05, 0.1) is 6.61 Å². The monoisotopic (exact) mass is 288 g/mol. The molecule has 1 heterocycles. The van der Waals surface area contributed by atoms with Crippen LogP contribution in [0.1, 0.15) is 11.3 Å². The van der Waals surface area contributed by atoms with Crippen LogP contribution in [0.4, 0.5) is 0 Å². The standard InChI is InChI=1S/C15H16N2O2S/c1-18-10-9-11-5-7-12(8-6-11)19-14-4-2-3-13(17-14)15(16)20/h2-8H,9-10H2,1H3,(H2,16,20). The number of pyridine rings is 1. The lowest BCUT2D eigenvalue weighted by molar-refractivity contribution is 0.202. The first-order valence-electron chi connectivity index (χ1n) is 6.21. The maximum atomic E-state index is 5.67. The van der Waals surface area contributed by atoms with E-state index in [2.05, 4.69) is 4.98 Å². The molecule has 2 N–H and O–H groups in total.